The summed E-state index contributed by atoms with van der Waals surface area (Å²) in [7, 11) is 0. The molecule has 232 valence electrons. The Labute approximate surface area is 241 Å². The summed E-state index contributed by atoms with van der Waals surface area (Å²) in [6.45, 7) is 8.46. The molecular formula is C28H40F3N7O4. The number of nitrogens with two attached hydrogens (primary N) is 1. The molecule has 3 aromatic heterocycles. The highest BCUT2D eigenvalue weighted by atomic mass is 19.4. The lowest BCUT2D eigenvalue weighted by atomic mass is 9.73. The standard InChI is InChI=1S/C26H39N7O2.C2HF3O2/c1-3-10-32-24-22(25(34)33(11-4-2)26(32)35)29-23(30-24)20-14-18-6-7-19(15-20)21(18)16-27-8-5-12-31-13-9-28-17-31;3-2(4,5)1(6)7/h9,13,17-21,27H,3-8,10-12,14-16H2,1-2H3,(H,29,30);(H,6,7). The number of aromatic nitrogens is 6. The molecule has 0 aromatic carbocycles. The third-order valence-electron chi connectivity index (χ3n) is 8.51. The number of carboxylic acids is 1. The molecular weight excluding hydrogens is 555 g/mol. The van der Waals surface area contributed by atoms with E-state index in [4.69, 9.17) is 14.9 Å². The van der Waals surface area contributed by atoms with Gasteiger partial charge in [-0.2, -0.15) is 13.2 Å². The smallest absolute Gasteiger partial charge is 0.430 e. The minimum atomic E-state index is -5.19. The van der Waals surface area contributed by atoms with Gasteiger partial charge in [-0.25, -0.2) is 14.8 Å². The van der Waals surface area contributed by atoms with Crippen LogP contribution in [0.3, 0.4) is 0 Å². The normalized spacial score (nSPS) is 21.8. The third-order valence-corrected chi connectivity index (χ3v) is 8.51. The maximum Gasteiger partial charge on any atom is 0.430 e. The molecule has 2 atom stereocenters. The van der Waals surface area contributed by atoms with Gasteiger partial charge in [-0.1, -0.05) is 13.8 Å². The van der Waals surface area contributed by atoms with Gasteiger partial charge >= 0.3 is 11.9 Å². The molecule has 2 bridgehead atoms. The van der Waals surface area contributed by atoms with Crippen molar-refractivity contribution >= 4 is 17.1 Å². The van der Waals surface area contributed by atoms with Crippen molar-refractivity contribution < 1.29 is 28.4 Å². The van der Waals surface area contributed by atoms with Crippen molar-refractivity contribution in [2.45, 2.75) is 90.5 Å². The summed E-state index contributed by atoms with van der Waals surface area (Å²) in [6.07, 6.45) is 8.17. The molecule has 0 spiro atoms. The van der Waals surface area contributed by atoms with Crippen molar-refractivity contribution in [3.63, 3.8) is 0 Å². The number of hydrogen-bond donors (Lipinski definition) is 2. The van der Waals surface area contributed by atoms with E-state index in [1.807, 2.05) is 25.6 Å². The van der Waals surface area contributed by atoms with Crippen LogP contribution in [-0.2, 0) is 24.4 Å². The van der Waals surface area contributed by atoms with E-state index in [1.165, 1.54) is 24.0 Å². The molecule has 3 aromatic rings. The van der Waals surface area contributed by atoms with Gasteiger partial charge < -0.3 is 24.8 Å². The number of H-pyrrole nitrogens is 1. The quantitative estimate of drug-likeness (QED) is 0.320. The van der Waals surface area contributed by atoms with E-state index < -0.39 is 12.1 Å². The molecule has 42 heavy (non-hydrogen) atoms. The highest BCUT2D eigenvalue weighted by Gasteiger charge is 2.44. The monoisotopic (exact) mass is 595 g/mol. The van der Waals surface area contributed by atoms with Gasteiger partial charge in [-0.05, 0) is 50.4 Å². The largest absolute Gasteiger partial charge is 0.542 e. The number of rotatable bonds is 11. The van der Waals surface area contributed by atoms with Crippen molar-refractivity contribution in [3.8, 4) is 0 Å². The number of carboxylic acid groups (broad SMARTS) is 1. The number of fused-ring (bicyclic) bond motifs is 3. The molecule has 2 aliphatic rings. The Morgan fingerprint density at radius 3 is 2.31 bits per heavy atom. The van der Waals surface area contributed by atoms with Crippen molar-refractivity contribution in [2.75, 3.05) is 13.1 Å². The molecule has 3 N–H and O–H groups in total. The second-order valence-electron chi connectivity index (χ2n) is 11.4. The zero-order valence-corrected chi connectivity index (χ0v) is 24.1. The maximum absolute atomic E-state index is 13.1. The summed E-state index contributed by atoms with van der Waals surface area (Å²) in [6, 6.07) is 0. The molecule has 2 fully saturated rings. The van der Waals surface area contributed by atoms with Crippen LogP contribution < -0.4 is 21.7 Å². The highest BCUT2D eigenvalue weighted by molar-refractivity contribution is 5.71. The zero-order valence-electron chi connectivity index (χ0n) is 24.1. The first kappa shape index (κ1) is 31.5. The van der Waals surface area contributed by atoms with Crippen LogP contribution in [0.15, 0.2) is 28.3 Å². The van der Waals surface area contributed by atoms with Crippen LogP contribution in [0.2, 0.25) is 0 Å². The Balaban J connectivity index is 0.000000517. The van der Waals surface area contributed by atoms with Crippen molar-refractivity contribution in [2.24, 2.45) is 17.8 Å². The minimum absolute atomic E-state index is 0.222. The lowest BCUT2D eigenvalue weighted by Gasteiger charge is -2.33. The van der Waals surface area contributed by atoms with Crippen molar-refractivity contribution in [1.82, 2.24) is 28.7 Å². The predicted octanol–water partition coefficient (Wildman–Crippen LogP) is 1.37. The number of imidazole rings is 2. The van der Waals surface area contributed by atoms with Crippen LogP contribution in [0.5, 0.6) is 0 Å². The van der Waals surface area contributed by atoms with Crippen LogP contribution in [0.1, 0.15) is 70.5 Å². The number of nitrogens with one attached hydrogen (secondary N) is 1. The number of aliphatic carboxylic acids is 1. The molecule has 14 heteroatoms. The number of halogens is 3. The number of carbonyl (C=O) groups is 1. The van der Waals surface area contributed by atoms with Crippen molar-refractivity contribution in [3.05, 3.63) is 45.4 Å². The van der Waals surface area contributed by atoms with E-state index in [0.717, 1.165) is 68.8 Å². The first-order chi connectivity index (χ1) is 20.0. The summed E-state index contributed by atoms with van der Waals surface area (Å²) in [5.74, 6) is 0.492. The van der Waals surface area contributed by atoms with Crippen LogP contribution in [0, 0.1) is 17.8 Å². The lowest BCUT2D eigenvalue weighted by molar-refractivity contribution is -0.662. The Morgan fingerprint density at radius 1 is 1.10 bits per heavy atom. The van der Waals surface area contributed by atoms with E-state index in [-0.39, 0.29) is 11.2 Å². The van der Waals surface area contributed by atoms with Gasteiger partial charge in [-0.15, -0.1) is 0 Å². The molecule has 2 saturated carbocycles. The first-order valence-corrected chi connectivity index (χ1v) is 14.8. The van der Waals surface area contributed by atoms with Gasteiger partial charge in [0, 0.05) is 50.3 Å². The van der Waals surface area contributed by atoms with Crippen LogP contribution in [0.4, 0.5) is 13.2 Å². The fourth-order valence-electron chi connectivity index (χ4n) is 6.63. The number of alkyl halides is 3. The molecule has 3 heterocycles. The molecule has 2 aliphatic carbocycles. The lowest BCUT2D eigenvalue weighted by Crippen LogP contribution is -2.86. The van der Waals surface area contributed by atoms with Gasteiger partial charge in [0.25, 0.3) is 5.56 Å². The maximum atomic E-state index is 13.1. The van der Waals surface area contributed by atoms with Gasteiger partial charge in [0.2, 0.25) is 0 Å². The fourth-order valence-corrected chi connectivity index (χ4v) is 6.63. The molecule has 11 nitrogen and oxygen atoms in total. The zero-order chi connectivity index (χ0) is 30.4. The number of hydrogen-bond acceptors (Lipinski definition) is 6. The molecule has 0 aliphatic heterocycles. The molecule has 0 amide bonds. The van der Waals surface area contributed by atoms with Gasteiger partial charge in [0.15, 0.2) is 5.65 Å². The molecule has 2 unspecified atom stereocenters. The Hall–Kier alpha value is -3.42. The molecule has 0 saturated heterocycles. The molecule has 5 rings (SSSR count). The number of aromatic amines is 1. The first-order valence-electron chi connectivity index (χ1n) is 14.8. The van der Waals surface area contributed by atoms with Crippen LogP contribution in [0.25, 0.3) is 11.2 Å². The summed E-state index contributed by atoms with van der Waals surface area (Å²) >= 11 is 0. The summed E-state index contributed by atoms with van der Waals surface area (Å²) in [5.41, 5.74) is 0.601. The topological polar surface area (TPSA) is 147 Å². The summed E-state index contributed by atoms with van der Waals surface area (Å²) in [5, 5.41) is 11.3. The minimum Gasteiger partial charge on any atom is -0.542 e. The van der Waals surface area contributed by atoms with E-state index >= 15 is 0 Å². The Bertz CT molecular complexity index is 1430. The average molecular weight is 596 g/mol. The van der Waals surface area contributed by atoms with Gasteiger partial charge in [-0.3, -0.25) is 13.9 Å². The van der Waals surface area contributed by atoms with Crippen LogP contribution in [-0.4, -0.2) is 53.9 Å². The summed E-state index contributed by atoms with van der Waals surface area (Å²) in [4.78, 5) is 47.3. The second kappa shape index (κ2) is 13.7. The van der Waals surface area contributed by atoms with Gasteiger partial charge in [0.1, 0.15) is 17.3 Å². The SMILES string of the molecule is CCCn1c(=O)c2[nH]c(C3CC4CCC(C3)C4C[NH2+]CCCn3ccnc3)nc2n(CCC)c1=O.O=C([O-])C(F)(F)F. The number of nitrogens with zero attached hydrogens (tertiary/aromatic N) is 5. The summed E-state index contributed by atoms with van der Waals surface area (Å²) < 4.78 is 36.8. The van der Waals surface area contributed by atoms with Gasteiger partial charge in [0.05, 0.1) is 19.4 Å². The number of carbonyl (C=O) groups excluding carboxylic acids is 1. The number of quaternary nitrogens is 1. The highest BCUT2D eigenvalue weighted by Crippen LogP contribution is 2.51. The Kier molecular flexibility index (Phi) is 10.3. The van der Waals surface area contributed by atoms with Crippen molar-refractivity contribution in [1.29, 1.82) is 0 Å². The predicted molar refractivity (Wildman–Crippen MR) is 146 cm³/mol. The van der Waals surface area contributed by atoms with E-state index in [1.54, 1.807) is 4.57 Å². The average Bonchev–Trinajstić information content (AvgIpc) is 3.67. The van der Waals surface area contributed by atoms with E-state index in [0.29, 0.717) is 30.2 Å². The van der Waals surface area contributed by atoms with E-state index in [2.05, 4.69) is 26.8 Å². The fraction of sp³-hybridized carbons (Fsp3) is 0.679. The van der Waals surface area contributed by atoms with Crippen LogP contribution >= 0.6 is 0 Å². The second-order valence-corrected chi connectivity index (χ2v) is 11.4. The molecule has 0 radical (unpaired) electrons. The third kappa shape index (κ3) is 7.13. The number of aryl methyl sites for hydroxylation is 2. The Morgan fingerprint density at radius 2 is 1.74 bits per heavy atom. The van der Waals surface area contributed by atoms with E-state index in [9.17, 15) is 22.8 Å².